The minimum Gasteiger partial charge on any atom is -0.347 e. The van der Waals surface area contributed by atoms with Crippen LogP contribution in [0.5, 0.6) is 0 Å². The van der Waals surface area contributed by atoms with Gasteiger partial charge in [-0.2, -0.15) is 18.3 Å². The standard InChI is InChI=1S/C28H20F3N7O/c1-37-16-23(37)17-6-4-9-20(14-17)34-27-32-12-11-21(35-27)24-22-10-2-3-13-38(22)36-25(24)18-7-5-8-19(15-18)33-26(39)28(29,30)31/h2-16H,1H3,(H,33,39)(H,32,34,35). The van der Waals surface area contributed by atoms with Crippen molar-refractivity contribution in [2.45, 2.75) is 6.18 Å². The van der Waals surface area contributed by atoms with Crippen LogP contribution in [0.25, 0.3) is 33.7 Å². The van der Waals surface area contributed by atoms with Crippen LogP contribution < -0.4 is 10.6 Å². The molecule has 2 N–H and O–H groups in total. The maximum absolute atomic E-state index is 12.8. The normalized spacial score (nSPS) is 12.8. The van der Waals surface area contributed by atoms with E-state index in [0.717, 1.165) is 22.5 Å². The lowest BCUT2D eigenvalue weighted by atomic mass is 10.0. The molecule has 194 valence electrons. The second-order valence-corrected chi connectivity index (χ2v) is 8.88. The molecule has 11 heteroatoms. The zero-order valence-electron chi connectivity index (χ0n) is 20.4. The molecule has 5 aromatic rings. The molecule has 8 nitrogen and oxygen atoms in total. The van der Waals surface area contributed by atoms with Gasteiger partial charge in [-0.05, 0) is 42.5 Å². The minimum atomic E-state index is -5.00. The Labute approximate surface area is 220 Å². The summed E-state index contributed by atoms with van der Waals surface area (Å²) in [7, 11) is 1.98. The zero-order valence-corrected chi connectivity index (χ0v) is 20.4. The van der Waals surface area contributed by atoms with Crippen molar-refractivity contribution in [3.63, 3.8) is 0 Å². The molecule has 0 bridgehead atoms. The lowest BCUT2D eigenvalue weighted by Crippen LogP contribution is -2.29. The maximum Gasteiger partial charge on any atom is 0.471 e. The van der Waals surface area contributed by atoms with Crippen molar-refractivity contribution >= 4 is 34.4 Å². The molecule has 0 fully saturated rings. The average Bonchev–Trinajstić information content (AvgIpc) is 3.52. The first-order chi connectivity index (χ1) is 18.8. The number of nitrogens with one attached hydrogen (secondary N) is 2. The van der Waals surface area contributed by atoms with Gasteiger partial charge >= 0.3 is 12.1 Å². The summed E-state index contributed by atoms with van der Waals surface area (Å²) < 4.78 is 40.1. The molecule has 0 radical (unpaired) electrons. The van der Waals surface area contributed by atoms with Gasteiger partial charge in [-0.15, -0.1) is 0 Å². The highest BCUT2D eigenvalue weighted by atomic mass is 19.4. The molecular weight excluding hydrogens is 507 g/mol. The van der Waals surface area contributed by atoms with Crippen molar-refractivity contribution in [2.24, 2.45) is 0 Å². The van der Waals surface area contributed by atoms with Gasteiger partial charge in [0.05, 0.1) is 22.5 Å². The van der Waals surface area contributed by atoms with E-state index in [4.69, 9.17) is 4.98 Å². The summed E-state index contributed by atoms with van der Waals surface area (Å²) in [5.74, 6) is -1.68. The van der Waals surface area contributed by atoms with E-state index in [1.807, 2.05) is 65.9 Å². The van der Waals surface area contributed by atoms with Crippen LogP contribution >= 0.6 is 0 Å². The highest BCUT2D eigenvalue weighted by Gasteiger charge is 2.38. The highest BCUT2D eigenvalue weighted by molar-refractivity contribution is 5.96. The van der Waals surface area contributed by atoms with E-state index in [0.29, 0.717) is 28.5 Å². The monoisotopic (exact) mass is 527 g/mol. The quantitative estimate of drug-likeness (QED) is 0.284. The fourth-order valence-corrected chi connectivity index (χ4v) is 4.28. The number of aromatic nitrogens is 4. The Hall–Kier alpha value is -5.19. The van der Waals surface area contributed by atoms with Crippen LogP contribution in [0.2, 0.25) is 0 Å². The first-order valence-electron chi connectivity index (χ1n) is 11.9. The SMILES string of the molecule is CN1C=C1c1cccc(Nc2nccc(-c3c(-c4cccc(NC(=O)C(F)(F)F)c4)nn4ccccc34)n2)c1. The van der Waals surface area contributed by atoms with Crippen molar-refractivity contribution in [3.05, 3.63) is 97.0 Å². The number of alkyl halides is 3. The number of hydrogen-bond acceptors (Lipinski definition) is 6. The Kier molecular flexibility index (Phi) is 5.75. The fraction of sp³-hybridized carbons (Fsp3) is 0.0714. The number of rotatable bonds is 6. The van der Waals surface area contributed by atoms with E-state index < -0.39 is 12.1 Å². The van der Waals surface area contributed by atoms with Crippen molar-refractivity contribution in [2.75, 3.05) is 17.7 Å². The molecule has 3 aromatic heterocycles. The predicted octanol–water partition coefficient (Wildman–Crippen LogP) is 5.95. The summed E-state index contributed by atoms with van der Waals surface area (Å²) >= 11 is 0. The third-order valence-corrected chi connectivity index (χ3v) is 6.15. The fourth-order valence-electron chi connectivity index (χ4n) is 4.28. The van der Waals surface area contributed by atoms with Crippen LogP contribution in [0, 0.1) is 0 Å². The molecule has 39 heavy (non-hydrogen) atoms. The minimum absolute atomic E-state index is 0.000761. The zero-order chi connectivity index (χ0) is 27.1. The number of hydrogen-bond donors (Lipinski definition) is 2. The van der Waals surface area contributed by atoms with E-state index in [2.05, 4.69) is 15.4 Å². The van der Waals surface area contributed by atoms with Gasteiger partial charge in [-0.25, -0.2) is 14.5 Å². The van der Waals surface area contributed by atoms with Crippen LogP contribution in [0.4, 0.5) is 30.5 Å². The molecule has 0 unspecified atom stereocenters. The van der Waals surface area contributed by atoms with Gasteiger partial charge in [0.2, 0.25) is 5.95 Å². The lowest BCUT2D eigenvalue weighted by molar-refractivity contribution is -0.167. The van der Waals surface area contributed by atoms with E-state index in [1.165, 1.54) is 12.1 Å². The largest absolute Gasteiger partial charge is 0.471 e. The average molecular weight is 528 g/mol. The molecule has 0 spiro atoms. The second kappa shape index (κ2) is 9.28. The van der Waals surface area contributed by atoms with Gasteiger partial charge in [-0.1, -0.05) is 30.3 Å². The number of benzene rings is 2. The molecule has 1 aliphatic rings. The van der Waals surface area contributed by atoms with Gasteiger partial charge in [0, 0.05) is 48.1 Å². The van der Waals surface area contributed by atoms with E-state index in [1.54, 1.807) is 35.1 Å². The molecule has 1 aliphatic heterocycles. The predicted molar refractivity (Wildman–Crippen MR) is 142 cm³/mol. The molecule has 0 saturated carbocycles. The van der Waals surface area contributed by atoms with E-state index in [9.17, 15) is 18.0 Å². The topological polar surface area (TPSA) is 87.2 Å². The number of nitrogens with zero attached hydrogens (tertiary/aromatic N) is 5. The first-order valence-corrected chi connectivity index (χ1v) is 11.9. The highest BCUT2D eigenvalue weighted by Crippen LogP contribution is 2.36. The van der Waals surface area contributed by atoms with Crippen LogP contribution in [-0.4, -0.2) is 43.6 Å². The summed E-state index contributed by atoms with van der Waals surface area (Å²) in [5, 5.41) is 9.82. The van der Waals surface area contributed by atoms with Gasteiger partial charge < -0.3 is 15.5 Å². The number of pyridine rings is 1. The number of amides is 1. The Morgan fingerprint density at radius 3 is 2.44 bits per heavy atom. The lowest BCUT2D eigenvalue weighted by Gasteiger charge is -2.10. The van der Waals surface area contributed by atoms with Crippen molar-refractivity contribution in [1.29, 1.82) is 0 Å². The Morgan fingerprint density at radius 1 is 0.923 bits per heavy atom. The van der Waals surface area contributed by atoms with Gasteiger partial charge in [0.25, 0.3) is 0 Å². The summed E-state index contributed by atoms with van der Waals surface area (Å²) in [6.07, 6.45) is 0.432. The van der Waals surface area contributed by atoms with Crippen LogP contribution in [0.15, 0.2) is 91.4 Å². The number of anilines is 3. The van der Waals surface area contributed by atoms with E-state index >= 15 is 0 Å². The first kappa shape index (κ1) is 24.2. The molecule has 0 atom stereocenters. The molecule has 4 heterocycles. The summed E-state index contributed by atoms with van der Waals surface area (Å²) in [4.78, 5) is 22.6. The Bertz CT molecular complexity index is 1760. The smallest absolute Gasteiger partial charge is 0.347 e. The second-order valence-electron chi connectivity index (χ2n) is 8.88. The van der Waals surface area contributed by atoms with Crippen molar-refractivity contribution in [1.82, 2.24) is 24.5 Å². The molecule has 0 aliphatic carbocycles. The number of carbonyl (C=O) groups is 1. The van der Waals surface area contributed by atoms with Crippen LogP contribution in [0.3, 0.4) is 0 Å². The molecule has 2 aromatic carbocycles. The molecule has 6 rings (SSSR count). The maximum atomic E-state index is 12.8. The van der Waals surface area contributed by atoms with Gasteiger partial charge in [-0.3, -0.25) is 4.79 Å². The number of halogens is 3. The third kappa shape index (κ3) is 4.89. The number of fused-ring (bicyclic) bond motifs is 1. The molecule has 1 amide bonds. The Balaban J connectivity index is 1.38. The van der Waals surface area contributed by atoms with Crippen molar-refractivity contribution in [3.8, 4) is 22.5 Å². The summed E-state index contributed by atoms with van der Waals surface area (Å²) in [5.41, 5.74) is 5.99. The van der Waals surface area contributed by atoms with Gasteiger partial charge in [0.15, 0.2) is 0 Å². The van der Waals surface area contributed by atoms with Crippen LogP contribution in [0.1, 0.15) is 5.56 Å². The van der Waals surface area contributed by atoms with Gasteiger partial charge in [0.1, 0.15) is 5.69 Å². The molecule has 0 saturated heterocycles. The Morgan fingerprint density at radius 2 is 1.67 bits per heavy atom. The number of carbonyl (C=O) groups excluding carboxylic acids is 1. The third-order valence-electron chi connectivity index (χ3n) is 6.15. The summed E-state index contributed by atoms with van der Waals surface area (Å²) in [6, 6.07) is 21.3. The molecular formula is C28H20F3N7O. The van der Waals surface area contributed by atoms with Crippen LogP contribution in [-0.2, 0) is 4.79 Å². The summed E-state index contributed by atoms with van der Waals surface area (Å²) in [6.45, 7) is 0. The van der Waals surface area contributed by atoms with Crippen molar-refractivity contribution < 1.29 is 18.0 Å². The van der Waals surface area contributed by atoms with E-state index in [-0.39, 0.29) is 5.69 Å².